The Morgan fingerprint density at radius 1 is 1.14 bits per heavy atom. The Hall–Kier alpha value is -2.27. The first-order valence-electron chi connectivity index (χ1n) is 5.98. The van der Waals surface area contributed by atoms with Crippen molar-refractivity contribution in [2.75, 3.05) is 0 Å². The number of halogens is 2. The van der Waals surface area contributed by atoms with Gasteiger partial charge in [-0.05, 0) is 42.0 Å². The van der Waals surface area contributed by atoms with Crippen molar-refractivity contribution in [3.8, 4) is 5.75 Å². The first-order chi connectivity index (χ1) is 9.97. The van der Waals surface area contributed by atoms with Crippen LogP contribution >= 0.6 is 15.9 Å². The quantitative estimate of drug-likeness (QED) is 0.681. The molecule has 0 aromatic heterocycles. The van der Waals surface area contributed by atoms with Crippen molar-refractivity contribution in [2.24, 2.45) is 0 Å². The van der Waals surface area contributed by atoms with Gasteiger partial charge in [0.05, 0.1) is 5.56 Å². The van der Waals surface area contributed by atoms with Gasteiger partial charge in [-0.1, -0.05) is 34.1 Å². The van der Waals surface area contributed by atoms with Crippen molar-refractivity contribution >= 4 is 27.8 Å². The predicted molar refractivity (Wildman–Crippen MR) is 81.8 cm³/mol. The zero-order chi connectivity index (χ0) is 15.4. The molecule has 106 valence electrons. The molecule has 2 aromatic rings. The number of rotatable bonds is 3. The van der Waals surface area contributed by atoms with E-state index in [2.05, 4.69) is 15.9 Å². The maximum Gasteiger partial charge on any atom is 0.220 e. The van der Waals surface area contributed by atoms with E-state index in [0.29, 0.717) is 10.0 Å². The Morgan fingerprint density at radius 2 is 1.81 bits per heavy atom. The Morgan fingerprint density at radius 3 is 2.48 bits per heavy atom. The molecule has 0 aliphatic rings. The molecule has 0 aliphatic carbocycles. The van der Waals surface area contributed by atoms with Gasteiger partial charge < -0.3 is 5.11 Å². The summed E-state index contributed by atoms with van der Waals surface area (Å²) >= 11 is 3.16. The molecule has 5 heteroatoms. The van der Waals surface area contributed by atoms with Crippen molar-refractivity contribution in [3.63, 3.8) is 0 Å². The van der Waals surface area contributed by atoms with Gasteiger partial charge in [0.15, 0.2) is 11.5 Å². The molecule has 2 rings (SSSR count). The minimum atomic E-state index is -0.640. The topological polar surface area (TPSA) is 54.4 Å². The molecule has 0 heterocycles. The fourth-order valence-corrected chi connectivity index (χ4v) is 2.01. The van der Waals surface area contributed by atoms with E-state index >= 15 is 0 Å². The lowest BCUT2D eigenvalue weighted by atomic mass is 10.1. The normalized spacial score (nSPS) is 10.8. The number of benzene rings is 1. The van der Waals surface area contributed by atoms with Crippen molar-refractivity contribution in [3.05, 3.63) is 80.2 Å². The summed E-state index contributed by atoms with van der Waals surface area (Å²) in [6.07, 6.45) is 2.70. The second kappa shape index (κ2) is 6.45. The Bertz CT molecular complexity index is 767. The summed E-state index contributed by atoms with van der Waals surface area (Å²) in [6, 6.07) is 9.56. The number of hydrogen-bond acceptors (Lipinski definition) is 3. The van der Waals surface area contributed by atoms with Crippen molar-refractivity contribution < 1.29 is 14.3 Å². The van der Waals surface area contributed by atoms with Crippen LogP contribution in [0.5, 0.6) is 5.75 Å². The first kappa shape index (κ1) is 15.1. The molecule has 0 amide bonds. The zero-order valence-corrected chi connectivity index (χ0v) is 12.3. The van der Waals surface area contributed by atoms with Gasteiger partial charge in [0.1, 0.15) is 5.82 Å². The van der Waals surface area contributed by atoms with Crippen LogP contribution in [0.25, 0.3) is 6.08 Å². The minimum Gasteiger partial charge on any atom is -0.504 e. The van der Waals surface area contributed by atoms with E-state index in [1.807, 2.05) is 0 Å². The molecular formula is C16H10BrFO3. The van der Waals surface area contributed by atoms with Gasteiger partial charge >= 0.3 is 0 Å². The SMILES string of the molecule is O=C(C=Cc1ccc(F)cc1)c1cc(Br)ccc(=O)c1O. The van der Waals surface area contributed by atoms with E-state index in [1.165, 1.54) is 54.6 Å². The van der Waals surface area contributed by atoms with Crippen LogP contribution in [0.15, 0.2) is 57.8 Å². The van der Waals surface area contributed by atoms with Crippen LogP contribution in [0.1, 0.15) is 15.9 Å². The standard InChI is InChI=1S/C16H10BrFO3/c17-11-4-8-15(20)16(21)13(9-11)14(19)7-3-10-1-5-12(18)6-2-10/h1-9H,(H,20,21). The van der Waals surface area contributed by atoms with Gasteiger partial charge in [-0.25, -0.2) is 4.39 Å². The second-order valence-corrected chi connectivity index (χ2v) is 5.15. The zero-order valence-electron chi connectivity index (χ0n) is 10.7. The summed E-state index contributed by atoms with van der Waals surface area (Å²) in [7, 11) is 0. The summed E-state index contributed by atoms with van der Waals surface area (Å²) in [5, 5.41) is 9.75. The van der Waals surface area contributed by atoms with E-state index in [0.717, 1.165) is 0 Å². The molecule has 3 nitrogen and oxygen atoms in total. The maximum absolute atomic E-state index is 12.8. The van der Waals surface area contributed by atoms with Gasteiger partial charge in [-0.15, -0.1) is 0 Å². The van der Waals surface area contributed by atoms with Gasteiger partial charge in [-0.2, -0.15) is 0 Å². The number of carbonyl (C=O) groups excluding carboxylic acids is 1. The predicted octanol–water partition coefficient (Wildman–Crippen LogP) is 3.55. The first-order valence-corrected chi connectivity index (χ1v) is 6.77. The monoisotopic (exact) mass is 348 g/mol. The lowest BCUT2D eigenvalue weighted by Gasteiger charge is -1.96. The summed E-state index contributed by atoms with van der Waals surface area (Å²) in [4.78, 5) is 23.6. The summed E-state index contributed by atoms with van der Waals surface area (Å²) in [6.45, 7) is 0. The van der Waals surface area contributed by atoms with Crippen LogP contribution in [0, 0.1) is 5.82 Å². The van der Waals surface area contributed by atoms with E-state index in [-0.39, 0.29) is 11.4 Å². The van der Waals surface area contributed by atoms with E-state index < -0.39 is 17.0 Å². The third-order valence-corrected chi connectivity index (χ3v) is 3.22. The van der Waals surface area contributed by atoms with Crippen molar-refractivity contribution in [2.45, 2.75) is 0 Å². The average Bonchev–Trinajstić information content (AvgIpc) is 2.60. The van der Waals surface area contributed by atoms with Crippen LogP contribution in [0.3, 0.4) is 0 Å². The second-order valence-electron chi connectivity index (χ2n) is 4.24. The van der Waals surface area contributed by atoms with Crippen molar-refractivity contribution in [1.29, 1.82) is 0 Å². The molecule has 0 saturated heterocycles. The Kier molecular flexibility index (Phi) is 4.65. The van der Waals surface area contributed by atoms with Crippen LogP contribution < -0.4 is 5.43 Å². The number of ketones is 1. The molecule has 2 aromatic carbocycles. The molecule has 1 N–H and O–H groups in total. The maximum atomic E-state index is 12.8. The van der Waals surface area contributed by atoms with Crippen LogP contribution in [0.2, 0.25) is 0 Å². The molecule has 0 radical (unpaired) electrons. The third kappa shape index (κ3) is 3.86. The van der Waals surface area contributed by atoms with Gasteiger partial charge in [0, 0.05) is 4.47 Å². The van der Waals surface area contributed by atoms with Crippen molar-refractivity contribution in [1.82, 2.24) is 0 Å². The smallest absolute Gasteiger partial charge is 0.220 e. The number of hydrogen-bond donors (Lipinski definition) is 1. The van der Waals surface area contributed by atoms with Crippen LogP contribution in [0.4, 0.5) is 4.39 Å². The fraction of sp³-hybridized carbons (Fsp3) is 0. The van der Waals surface area contributed by atoms with Gasteiger partial charge in [0.2, 0.25) is 5.43 Å². The molecule has 0 fully saturated rings. The number of carbonyl (C=O) groups is 1. The van der Waals surface area contributed by atoms with Gasteiger partial charge in [-0.3, -0.25) is 9.59 Å². The lowest BCUT2D eigenvalue weighted by Crippen LogP contribution is -2.01. The Balaban J connectivity index is 2.35. The molecular weight excluding hydrogens is 339 g/mol. The minimum absolute atomic E-state index is 0.102. The Labute approximate surface area is 128 Å². The molecule has 0 atom stereocenters. The highest BCUT2D eigenvalue weighted by atomic mass is 79.9. The molecule has 0 aliphatic heterocycles. The molecule has 0 bridgehead atoms. The van der Waals surface area contributed by atoms with Crippen LogP contribution in [-0.4, -0.2) is 10.9 Å². The fourth-order valence-electron chi connectivity index (χ4n) is 1.64. The summed E-state index contributed by atoms with van der Waals surface area (Å²) < 4.78 is 13.3. The molecule has 0 unspecified atom stereocenters. The highest BCUT2D eigenvalue weighted by Gasteiger charge is 2.10. The van der Waals surface area contributed by atoms with Gasteiger partial charge in [0.25, 0.3) is 0 Å². The highest BCUT2D eigenvalue weighted by Crippen LogP contribution is 2.17. The lowest BCUT2D eigenvalue weighted by molar-refractivity contribution is 0.104. The van der Waals surface area contributed by atoms with E-state index in [9.17, 15) is 19.1 Å². The van der Waals surface area contributed by atoms with Crippen LogP contribution in [-0.2, 0) is 0 Å². The summed E-state index contributed by atoms with van der Waals surface area (Å²) in [5.74, 6) is -1.49. The molecule has 21 heavy (non-hydrogen) atoms. The van der Waals surface area contributed by atoms with E-state index in [4.69, 9.17) is 0 Å². The number of aromatic hydroxyl groups is 1. The number of allylic oxidation sites excluding steroid dienone is 1. The highest BCUT2D eigenvalue weighted by molar-refractivity contribution is 9.10. The summed E-state index contributed by atoms with van der Waals surface area (Å²) in [5.41, 5.74) is -0.111. The average molecular weight is 349 g/mol. The molecule has 0 spiro atoms. The van der Waals surface area contributed by atoms with E-state index in [1.54, 1.807) is 0 Å². The largest absolute Gasteiger partial charge is 0.504 e. The molecule has 0 saturated carbocycles. The third-order valence-electron chi connectivity index (χ3n) is 2.73.